The lowest BCUT2D eigenvalue weighted by Gasteiger charge is -2.10. The second-order valence-corrected chi connectivity index (χ2v) is 7.85. The minimum Gasteiger partial charge on any atom is -0.382 e. The standard InChI is InChI=1S/C22H24N6OS/c1-30-16-8-6-7-15(13-16)26-22(29)24-11-4-5-12-28-14-25-19-20(28)17-9-2-3-10-18(17)27-21(19)23/h2-3,6-10,13-14H,4-5,11-12H2,1H3,(H2,23,27)(H2,24,26,29). The summed E-state index contributed by atoms with van der Waals surface area (Å²) in [6.07, 6.45) is 5.59. The number of para-hydroxylation sites is 1. The number of aryl methyl sites for hydroxylation is 1. The highest BCUT2D eigenvalue weighted by atomic mass is 32.2. The number of anilines is 2. The quantitative estimate of drug-likeness (QED) is 0.302. The predicted molar refractivity (Wildman–Crippen MR) is 124 cm³/mol. The molecule has 0 unspecified atom stereocenters. The molecule has 0 atom stereocenters. The van der Waals surface area contributed by atoms with Crippen LogP contribution in [-0.2, 0) is 6.54 Å². The molecule has 2 aromatic carbocycles. The first kappa shape index (κ1) is 20.0. The molecule has 7 nitrogen and oxygen atoms in total. The first-order chi connectivity index (χ1) is 14.7. The van der Waals surface area contributed by atoms with Crippen molar-refractivity contribution in [2.75, 3.05) is 23.9 Å². The normalized spacial score (nSPS) is 11.1. The van der Waals surface area contributed by atoms with E-state index in [0.717, 1.165) is 51.9 Å². The number of nitrogens with two attached hydrogens (primary N) is 1. The van der Waals surface area contributed by atoms with Gasteiger partial charge < -0.3 is 20.9 Å². The number of aromatic nitrogens is 3. The molecule has 2 amide bonds. The van der Waals surface area contributed by atoms with Crippen LogP contribution in [0.1, 0.15) is 12.8 Å². The Morgan fingerprint density at radius 2 is 2.03 bits per heavy atom. The topological polar surface area (TPSA) is 97.9 Å². The Labute approximate surface area is 179 Å². The molecule has 8 heteroatoms. The highest BCUT2D eigenvalue weighted by Crippen LogP contribution is 2.27. The number of carbonyl (C=O) groups excluding carboxylic acids is 1. The van der Waals surface area contributed by atoms with Crippen LogP contribution in [0, 0.1) is 0 Å². The summed E-state index contributed by atoms with van der Waals surface area (Å²) in [4.78, 5) is 22.1. The fourth-order valence-corrected chi connectivity index (χ4v) is 3.92. The number of rotatable bonds is 7. The van der Waals surface area contributed by atoms with Crippen LogP contribution in [0.15, 0.2) is 59.8 Å². The van der Waals surface area contributed by atoms with Crippen LogP contribution in [0.4, 0.5) is 16.3 Å². The second kappa shape index (κ2) is 9.04. The maximum atomic E-state index is 12.1. The molecule has 0 spiro atoms. The van der Waals surface area contributed by atoms with Gasteiger partial charge in [0.1, 0.15) is 5.52 Å². The van der Waals surface area contributed by atoms with E-state index in [2.05, 4.69) is 25.2 Å². The van der Waals surface area contributed by atoms with Crippen molar-refractivity contribution in [1.29, 1.82) is 0 Å². The van der Waals surface area contributed by atoms with Gasteiger partial charge in [0, 0.05) is 29.1 Å². The van der Waals surface area contributed by atoms with Gasteiger partial charge in [-0.15, -0.1) is 11.8 Å². The molecule has 0 radical (unpaired) electrons. The highest BCUT2D eigenvalue weighted by Gasteiger charge is 2.11. The van der Waals surface area contributed by atoms with Gasteiger partial charge >= 0.3 is 6.03 Å². The molecular weight excluding hydrogens is 396 g/mol. The Bertz CT molecular complexity index is 1190. The van der Waals surface area contributed by atoms with Gasteiger partial charge in [-0.2, -0.15) is 0 Å². The summed E-state index contributed by atoms with van der Waals surface area (Å²) < 4.78 is 2.11. The monoisotopic (exact) mass is 420 g/mol. The van der Waals surface area contributed by atoms with Crippen LogP contribution >= 0.6 is 11.8 Å². The van der Waals surface area contributed by atoms with E-state index in [0.29, 0.717) is 12.4 Å². The van der Waals surface area contributed by atoms with E-state index in [4.69, 9.17) is 5.73 Å². The van der Waals surface area contributed by atoms with Crippen molar-refractivity contribution >= 4 is 51.2 Å². The molecule has 154 valence electrons. The fourth-order valence-electron chi connectivity index (χ4n) is 3.46. The molecule has 4 rings (SSSR count). The third kappa shape index (κ3) is 4.33. The van der Waals surface area contributed by atoms with Crippen molar-refractivity contribution in [1.82, 2.24) is 19.9 Å². The minimum absolute atomic E-state index is 0.189. The van der Waals surface area contributed by atoms with Gasteiger partial charge in [0.25, 0.3) is 0 Å². The fraction of sp³-hybridized carbons (Fsp3) is 0.227. The summed E-state index contributed by atoms with van der Waals surface area (Å²) in [5.74, 6) is 0.450. The van der Waals surface area contributed by atoms with Crippen molar-refractivity contribution in [3.8, 4) is 0 Å². The zero-order chi connectivity index (χ0) is 20.9. The summed E-state index contributed by atoms with van der Waals surface area (Å²) in [5.41, 5.74) is 9.49. The molecule has 30 heavy (non-hydrogen) atoms. The molecule has 4 aromatic rings. The minimum atomic E-state index is -0.189. The van der Waals surface area contributed by atoms with E-state index < -0.39 is 0 Å². The van der Waals surface area contributed by atoms with Gasteiger partial charge in [-0.1, -0.05) is 24.3 Å². The number of hydrogen-bond donors (Lipinski definition) is 3. The van der Waals surface area contributed by atoms with E-state index in [-0.39, 0.29) is 6.03 Å². The van der Waals surface area contributed by atoms with E-state index in [1.165, 1.54) is 0 Å². The van der Waals surface area contributed by atoms with Crippen LogP contribution in [0.3, 0.4) is 0 Å². The molecule has 0 bridgehead atoms. The number of pyridine rings is 1. The first-order valence-electron chi connectivity index (χ1n) is 9.83. The van der Waals surface area contributed by atoms with Crippen LogP contribution < -0.4 is 16.4 Å². The Morgan fingerprint density at radius 3 is 2.90 bits per heavy atom. The summed E-state index contributed by atoms with van der Waals surface area (Å²) in [6.45, 7) is 1.40. The van der Waals surface area contributed by atoms with Gasteiger partial charge in [0.2, 0.25) is 0 Å². The van der Waals surface area contributed by atoms with Crippen LogP contribution in [0.2, 0.25) is 0 Å². The number of nitrogens with one attached hydrogen (secondary N) is 2. The number of thioether (sulfide) groups is 1. The van der Waals surface area contributed by atoms with Crippen molar-refractivity contribution in [2.45, 2.75) is 24.3 Å². The van der Waals surface area contributed by atoms with Crippen LogP contribution in [0.5, 0.6) is 0 Å². The number of amides is 2. The Kier molecular flexibility index (Phi) is 6.04. The average Bonchev–Trinajstić information content (AvgIpc) is 3.19. The third-order valence-electron chi connectivity index (χ3n) is 4.92. The number of fused-ring (bicyclic) bond motifs is 3. The highest BCUT2D eigenvalue weighted by molar-refractivity contribution is 7.98. The number of nitrogen functional groups attached to an aromatic ring is 1. The molecule has 0 aliphatic heterocycles. The molecule has 2 aromatic heterocycles. The smallest absolute Gasteiger partial charge is 0.319 e. The van der Waals surface area contributed by atoms with Crippen molar-refractivity contribution in [3.05, 3.63) is 54.9 Å². The van der Waals surface area contributed by atoms with Gasteiger partial charge in [-0.3, -0.25) is 0 Å². The zero-order valence-electron chi connectivity index (χ0n) is 16.8. The van der Waals surface area contributed by atoms with Crippen molar-refractivity contribution < 1.29 is 4.79 Å². The summed E-state index contributed by atoms with van der Waals surface area (Å²) in [7, 11) is 0. The Morgan fingerprint density at radius 1 is 1.17 bits per heavy atom. The van der Waals surface area contributed by atoms with E-state index in [1.54, 1.807) is 11.8 Å². The molecule has 2 heterocycles. The van der Waals surface area contributed by atoms with Gasteiger partial charge in [0.15, 0.2) is 5.82 Å². The van der Waals surface area contributed by atoms with Crippen LogP contribution in [-0.4, -0.2) is 33.4 Å². The molecule has 0 aliphatic rings. The average molecular weight is 421 g/mol. The zero-order valence-corrected chi connectivity index (χ0v) is 17.6. The van der Waals surface area contributed by atoms with Crippen molar-refractivity contribution in [3.63, 3.8) is 0 Å². The summed E-state index contributed by atoms with van der Waals surface area (Å²) in [6, 6.07) is 15.5. The number of carbonyl (C=O) groups is 1. The third-order valence-corrected chi connectivity index (χ3v) is 5.64. The molecular formula is C22H24N6OS. The predicted octanol–water partition coefficient (Wildman–Crippen LogP) is 4.49. The maximum Gasteiger partial charge on any atom is 0.319 e. The van der Waals surface area contributed by atoms with E-state index >= 15 is 0 Å². The second-order valence-electron chi connectivity index (χ2n) is 6.97. The molecule has 0 fully saturated rings. The molecule has 0 saturated carbocycles. The SMILES string of the molecule is CSc1cccc(NC(=O)NCCCCn2cnc3c(N)nc4ccccc4c32)c1. The van der Waals surface area contributed by atoms with E-state index in [9.17, 15) is 4.79 Å². The number of benzene rings is 2. The molecule has 4 N–H and O–H groups in total. The number of hydrogen-bond acceptors (Lipinski definition) is 5. The van der Waals surface area contributed by atoms with Crippen LogP contribution in [0.25, 0.3) is 21.9 Å². The molecule has 0 saturated heterocycles. The number of unbranched alkanes of at least 4 members (excludes halogenated alkanes) is 1. The lowest BCUT2D eigenvalue weighted by Crippen LogP contribution is -2.29. The van der Waals surface area contributed by atoms with E-state index in [1.807, 2.05) is 61.1 Å². The number of imidazole rings is 1. The number of nitrogens with zero attached hydrogens (tertiary/aromatic N) is 3. The van der Waals surface area contributed by atoms with Gasteiger partial charge in [-0.25, -0.2) is 14.8 Å². The molecule has 0 aliphatic carbocycles. The summed E-state index contributed by atoms with van der Waals surface area (Å²) >= 11 is 1.64. The first-order valence-corrected chi connectivity index (χ1v) is 11.1. The lowest BCUT2D eigenvalue weighted by molar-refractivity contribution is 0.252. The number of urea groups is 1. The van der Waals surface area contributed by atoms with Crippen molar-refractivity contribution in [2.24, 2.45) is 0 Å². The summed E-state index contributed by atoms with van der Waals surface area (Å²) in [5, 5.41) is 6.83. The van der Waals surface area contributed by atoms with Gasteiger partial charge in [0.05, 0.1) is 17.4 Å². The largest absolute Gasteiger partial charge is 0.382 e. The Balaban J connectivity index is 1.32. The maximum absolute atomic E-state index is 12.1. The van der Waals surface area contributed by atoms with Gasteiger partial charge in [-0.05, 0) is 43.4 Å². The lowest BCUT2D eigenvalue weighted by atomic mass is 10.2. The Hall–Kier alpha value is -3.26.